The minimum atomic E-state index is -4.65. The van der Waals surface area contributed by atoms with Gasteiger partial charge in [0, 0.05) is 18.5 Å². The van der Waals surface area contributed by atoms with Crippen LogP contribution in [-0.4, -0.2) is 37.3 Å². The summed E-state index contributed by atoms with van der Waals surface area (Å²) in [5, 5.41) is 3.80. The van der Waals surface area contributed by atoms with Gasteiger partial charge < -0.3 is 10.6 Å². The van der Waals surface area contributed by atoms with Crippen LogP contribution < -0.4 is 10.6 Å². The predicted octanol–water partition coefficient (Wildman–Crippen LogP) is 7.11. The number of hydrogen-bond acceptors (Lipinski definition) is 2. The molecule has 0 saturated heterocycles. The highest BCUT2D eigenvalue weighted by Crippen LogP contribution is 2.41. The zero-order valence-corrected chi connectivity index (χ0v) is 20.7. The molecule has 196 valence electrons. The number of halogens is 9. The van der Waals surface area contributed by atoms with Gasteiger partial charge >= 0.3 is 12.4 Å². The van der Waals surface area contributed by atoms with E-state index in [0.29, 0.717) is 11.1 Å². The number of alkyl halides is 6. The molecule has 0 spiro atoms. The van der Waals surface area contributed by atoms with Crippen LogP contribution in [0.25, 0.3) is 6.08 Å². The summed E-state index contributed by atoms with van der Waals surface area (Å²) in [4.78, 5) is 23.7. The molecule has 0 aliphatic carbocycles. The first-order valence-corrected chi connectivity index (χ1v) is 11.3. The Morgan fingerprint density at radius 2 is 1.58 bits per heavy atom. The Kier molecular flexibility index (Phi) is 10.1. The number of benzene rings is 2. The third-order valence-corrected chi connectivity index (χ3v) is 6.01. The van der Waals surface area contributed by atoms with E-state index >= 15 is 0 Å². The van der Waals surface area contributed by atoms with Gasteiger partial charge in [0.25, 0.3) is 5.91 Å². The molecule has 2 rings (SSSR count). The molecule has 1 unspecified atom stereocenters. The van der Waals surface area contributed by atoms with Crippen molar-refractivity contribution in [1.82, 2.24) is 10.6 Å². The van der Waals surface area contributed by atoms with Crippen molar-refractivity contribution in [1.29, 1.82) is 0 Å². The van der Waals surface area contributed by atoms with E-state index in [-0.39, 0.29) is 39.2 Å². The van der Waals surface area contributed by atoms with Crippen molar-refractivity contribution < 1.29 is 35.9 Å². The Morgan fingerprint density at radius 3 is 2.11 bits per heavy atom. The molecule has 2 aromatic rings. The second kappa shape index (κ2) is 12.2. The number of amides is 2. The van der Waals surface area contributed by atoms with E-state index in [1.165, 1.54) is 24.3 Å². The first kappa shape index (κ1) is 29.8. The summed E-state index contributed by atoms with van der Waals surface area (Å²) in [6.45, 7) is -0.119. The largest absolute Gasteiger partial charge is 0.405 e. The fourth-order valence-electron chi connectivity index (χ4n) is 3.09. The van der Waals surface area contributed by atoms with E-state index in [9.17, 15) is 35.9 Å². The van der Waals surface area contributed by atoms with Gasteiger partial charge in [-0.25, -0.2) is 0 Å². The molecular weight excluding hydrogens is 557 g/mol. The smallest absolute Gasteiger partial charge is 0.352 e. The Morgan fingerprint density at radius 1 is 0.972 bits per heavy atom. The Labute approximate surface area is 217 Å². The predicted molar refractivity (Wildman–Crippen MR) is 126 cm³/mol. The highest BCUT2D eigenvalue weighted by molar-refractivity contribution is 6.48. The quantitative estimate of drug-likeness (QED) is 0.260. The van der Waals surface area contributed by atoms with Crippen molar-refractivity contribution in [3.63, 3.8) is 0 Å². The van der Waals surface area contributed by atoms with Gasteiger partial charge in [-0.15, -0.1) is 0 Å². The third-order valence-electron chi connectivity index (χ3n) is 4.82. The zero-order chi connectivity index (χ0) is 27.3. The number of carbonyl (C=O) groups is 2. The molecule has 0 saturated carbocycles. The van der Waals surface area contributed by atoms with E-state index in [1.807, 2.05) is 0 Å². The lowest BCUT2D eigenvalue weighted by molar-refractivity contribution is -0.139. The summed E-state index contributed by atoms with van der Waals surface area (Å²) in [6.07, 6.45) is -7.41. The third kappa shape index (κ3) is 8.90. The van der Waals surface area contributed by atoms with Gasteiger partial charge in [0.05, 0.1) is 21.0 Å². The van der Waals surface area contributed by atoms with E-state index < -0.39 is 36.6 Å². The number of nitrogens with one attached hydrogen (secondary N) is 2. The number of aryl methyl sites for hydroxylation is 1. The maximum atomic E-state index is 13.7. The van der Waals surface area contributed by atoms with Gasteiger partial charge in [-0.1, -0.05) is 59.1 Å². The van der Waals surface area contributed by atoms with Gasteiger partial charge in [-0.05, 0) is 41.8 Å². The molecule has 1 atom stereocenters. The Bertz CT molecular complexity index is 1130. The van der Waals surface area contributed by atoms with Crippen molar-refractivity contribution in [2.24, 2.45) is 0 Å². The van der Waals surface area contributed by atoms with Gasteiger partial charge in [0.15, 0.2) is 0 Å². The normalized spacial score (nSPS) is 13.1. The molecule has 0 fully saturated rings. The molecule has 0 heterocycles. The molecule has 0 bridgehead atoms. The van der Waals surface area contributed by atoms with E-state index in [0.717, 1.165) is 18.2 Å². The monoisotopic (exact) mass is 574 g/mol. The maximum Gasteiger partial charge on any atom is 0.405 e. The van der Waals surface area contributed by atoms with Crippen LogP contribution in [0.2, 0.25) is 15.1 Å². The average Bonchev–Trinajstić information content (AvgIpc) is 2.74. The zero-order valence-electron chi connectivity index (χ0n) is 18.5. The SMILES string of the molecule is Cc1cc(C=CC(c2cc(Cl)c(Cl)c(Cl)c2)C(F)(F)F)ccc1C(=O)NCCC(=O)NCC(F)(F)F. The fraction of sp³-hybridized carbons (Fsp3) is 0.304. The molecule has 4 nitrogen and oxygen atoms in total. The van der Waals surface area contributed by atoms with Crippen LogP contribution in [0.4, 0.5) is 26.3 Å². The maximum absolute atomic E-state index is 13.7. The van der Waals surface area contributed by atoms with Crippen LogP contribution >= 0.6 is 34.8 Å². The lowest BCUT2D eigenvalue weighted by atomic mass is 9.96. The standard InChI is InChI=1S/C23H19Cl3F6N2O2/c1-12-8-13(2-4-15(12)21(36)33-7-6-19(35)34-11-22(27,28)29)3-5-16(23(30,31)32)14-9-17(24)20(26)18(25)10-14/h2-5,8-10,16H,6-7,11H2,1H3,(H,33,36)(H,34,35). The first-order chi connectivity index (χ1) is 16.6. The lowest BCUT2D eigenvalue weighted by Crippen LogP contribution is -2.36. The highest BCUT2D eigenvalue weighted by Gasteiger charge is 2.39. The molecule has 0 aromatic heterocycles. The van der Waals surface area contributed by atoms with Gasteiger partial charge in [0.2, 0.25) is 5.91 Å². The van der Waals surface area contributed by atoms with Gasteiger partial charge in [-0.2, -0.15) is 26.3 Å². The minimum absolute atomic E-state index is 0.0570. The number of hydrogen-bond donors (Lipinski definition) is 2. The van der Waals surface area contributed by atoms with Crippen molar-refractivity contribution in [3.8, 4) is 0 Å². The van der Waals surface area contributed by atoms with Gasteiger partial charge in [-0.3, -0.25) is 9.59 Å². The van der Waals surface area contributed by atoms with Crippen molar-refractivity contribution in [2.75, 3.05) is 13.1 Å². The molecule has 0 radical (unpaired) electrons. The Hall–Kier alpha value is -2.43. The topological polar surface area (TPSA) is 58.2 Å². The van der Waals surface area contributed by atoms with E-state index in [4.69, 9.17) is 34.8 Å². The molecule has 2 amide bonds. The van der Waals surface area contributed by atoms with Crippen molar-refractivity contribution in [3.05, 3.63) is 73.7 Å². The number of carbonyl (C=O) groups excluding carboxylic acids is 2. The van der Waals surface area contributed by atoms with Crippen molar-refractivity contribution in [2.45, 2.75) is 31.6 Å². The van der Waals surface area contributed by atoms with Crippen LogP contribution in [-0.2, 0) is 4.79 Å². The molecule has 36 heavy (non-hydrogen) atoms. The fourth-order valence-corrected chi connectivity index (χ4v) is 3.70. The molecular formula is C23H19Cl3F6N2O2. The first-order valence-electron chi connectivity index (χ1n) is 10.2. The molecule has 0 aliphatic heterocycles. The molecule has 2 aromatic carbocycles. The van der Waals surface area contributed by atoms with Crippen LogP contribution in [0.3, 0.4) is 0 Å². The molecule has 13 heteroatoms. The van der Waals surface area contributed by atoms with Crippen LogP contribution in [0.5, 0.6) is 0 Å². The molecule has 2 N–H and O–H groups in total. The van der Waals surface area contributed by atoms with Crippen molar-refractivity contribution >= 4 is 52.7 Å². The van der Waals surface area contributed by atoms with E-state index in [1.54, 1.807) is 12.2 Å². The summed E-state index contributed by atoms with van der Waals surface area (Å²) in [5.74, 6) is -3.51. The van der Waals surface area contributed by atoms with Gasteiger partial charge in [0.1, 0.15) is 6.54 Å². The summed E-state index contributed by atoms with van der Waals surface area (Å²) >= 11 is 17.6. The lowest BCUT2D eigenvalue weighted by Gasteiger charge is -2.18. The second-order valence-corrected chi connectivity index (χ2v) is 8.84. The number of allylic oxidation sites excluding steroid dienone is 1. The highest BCUT2D eigenvalue weighted by atomic mass is 35.5. The Balaban J connectivity index is 2.09. The van der Waals surface area contributed by atoms with Crippen LogP contribution in [0.15, 0.2) is 36.4 Å². The average molecular weight is 576 g/mol. The summed E-state index contributed by atoms with van der Waals surface area (Å²) in [5.41, 5.74) is 0.782. The van der Waals surface area contributed by atoms with Crippen LogP contribution in [0.1, 0.15) is 39.4 Å². The minimum Gasteiger partial charge on any atom is -0.352 e. The summed E-state index contributed by atoms with van der Waals surface area (Å²) in [6, 6.07) is 6.45. The number of rotatable bonds is 8. The second-order valence-electron chi connectivity index (χ2n) is 7.65. The summed E-state index contributed by atoms with van der Waals surface area (Å²) < 4.78 is 77.4. The van der Waals surface area contributed by atoms with Crippen LogP contribution in [0, 0.1) is 6.92 Å². The molecule has 0 aliphatic rings. The van der Waals surface area contributed by atoms with E-state index in [2.05, 4.69) is 5.32 Å². The summed E-state index contributed by atoms with van der Waals surface area (Å²) in [7, 11) is 0.